The molecule has 0 aliphatic carbocycles. The second-order valence-corrected chi connectivity index (χ2v) is 5.42. The number of amides is 1. The highest BCUT2D eigenvalue weighted by Gasteiger charge is 2.37. The molecule has 0 atom stereocenters. The van der Waals surface area contributed by atoms with Crippen LogP contribution in [0.1, 0.15) is 38.7 Å². The van der Waals surface area contributed by atoms with E-state index < -0.39 is 0 Å². The van der Waals surface area contributed by atoms with Gasteiger partial charge in [0.2, 0.25) is 0 Å². The quantitative estimate of drug-likeness (QED) is 0.824. The Labute approximate surface area is 115 Å². The fourth-order valence-electron chi connectivity index (χ4n) is 2.73. The minimum absolute atomic E-state index is 0.173. The van der Waals surface area contributed by atoms with Crippen molar-refractivity contribution >= 4 is 6.09 Å². The summed E-state index contributed by atoms with van der Waals surface area (Å²) < 4.78 is 5.38. The van der Waals surface area contributed by atoms with Crippen LogP contribution in [-0.2, 0) is 11.3 Å². The number of ether oxygens (including phenoxy) is 1. The standard InChI is InChI=1S/C16H23NO2/c1-3-16(4-2)10-11-17(13-16)15(18)19-12-14-8-6-5-7-9-14/h5-9H,3-4,10-13H2,1-2H3. The van der Waals surface area contributed by atoms with Gasteiger partial charge < -0.3 is 9.64 Å². The highest BCUT2D eigenvalue weighted by molar-refractivity contribution is 5.68. The van der Waals surface area contributed by atoms with Crippen LogP contribution >= 0.6 is 0 Å². The lowest BCUT2D eigenvalue weighted by atomic mass is 9.82. The minimum atomic E-state index is -0.173. The predicted octanol–water partition coefficient (Wildman–Crippen LogP) is 3.84. The summed E-state index contributed by atoms with van der Waals surface area (Å²) in [5, 5.41) is 0. The smallest absolute Gasteiger partial charge is 0.410 e. The fourth-order valence-corrected chi connectivity index (χ4v) is 2.73. The van der Waals surface area contributed by atoms with Gasteiger partial charge in [-0.25, -0.2) is 4.79 Å². The van der Waals surface area contributed by atoms with Crippen molar-refractivity contribution in [3.63, 3.8) is 0 Å². The summed E-state index contributed by atoms with van der Waals surface area (Å²) >= 11 is 0. The maximum atomic E-state index is 12.0. The second-order valence-electron chi connectivity index (χ2n) is 5.42. The first-order valence-corrected chi connectivity index (χ1v) is 7.15. The van der Waals surface area contributed by atoms with Gasteiger partial charge in [-0.3, -0.25) is 0 Å². The highest BCUT2D eigenvalue weighted by atomic mass is 16.6. The first-order chi connectivity index (χ1) is 9.19. The van der Waals surface area contributed by atoms with E-state index in [4.69, 9.17) is 4.74 Å². The van der Waals surface area contributed by atoms with Crippen LogP contribution in [0.5, 0.6) is 0 Å². The van der Waals surface area contributed by atoms with Crippen molar-refractivity contribution in [3.05, 3.63) is 35.9 Å². The Hall–Kier alpha value is -1.51. The van der Waals surface area contributed by atoms with Crippen molar-refractivity contribution in [2.45, 2.75) is 39.7 Å². The number of likely N-dealkylation sites (tertiary alicyclic amines) is 1. The van der Waals surface area contributed by atoms with Crippen LogP contribution in [0.25, 0.3) is 0 Å². The van der Waals surface area contributed by atoms with Crippen LogP contribution in [0.4, 0.5) is 4.79 Å². The Morgan fingerprint density at radius 1 is 1.26 bits per heavy atom. The van der Waals surface area contributed by atoms with Crippen LogP contribution in [0.2, 0.25) is 0 Å². The Morgan fingerprint density at radius 2 is 1.95 bits per heavy atom. The molecule has 0 aromatic heterocycles. The van der Waals surface area contributed by atoms with E-state index in [9.17, 15) is 4.79 Å². The van der Waals surface area contributed by atoms with Crippen molar-refractivity contribution in [3.8, 4) is 0 Å². The fraction of sp³-hybridized carbons (Fsp3) is 0.562. The third-order valence-electron chi connectivity index (χ3n) is 4.40. The molecule has 104 valence electrons. The third-order valence-corrected chi connectivity index (χ3v) is 4.40. The van der Waals surface area contributed by atoms with E-state index in [1.54, 1.807) is 0 Å². The minimum Gasteiger partial charge on any atom is -0.445 e. The molecule has 0 bridgehead atoms. The predicted molar refractivity (Wildman–Crippen MR) is 75.8 cm³/mol. The van der Waals surface area contributed by atoms with Gasteiger partial charge in [-0.2, -0.15) is 0 Å². The van der Waals surface area contributed by atoms with E-state index in [1.165, 1.54) is 0 Å². The first kappa shape index (κ1) is 13.9. The number of hydrogen-bond acceptors (Lipinski definition) is 2. The summed E-state index contributed by atoms with van der Waals surface area (Å²) in [5.74, 6) is 0. The lowest BCUT2D eigenvalue weighted by molar-refractivity contribution is 0.0988. The van der Waals surface area contributed by atoms with Gasteiger partial charge in [0.05, 0.1) is 0 Å². The average molecular weight is 261 g/mol. The molecule has 0 N–H and O–H groups in total. The van der Waals surface area contributed by atoms with Gasteiger partial charge >= 0.3 is 6.09 Å². The molecular weight excluding hydrogens is 238 g/mol. The van der Waals surface area contributed by atoms with Gasteiger partial charge in [-0.1, -0.05) is 44.2 Å². The lowest BCUT2D eigenvalue weighted by Gasteiger charge is -2.26. The maximum absolute atomic E-state index is 12.0. The summed E-state index contributed by atoms with van der Waals surface area (Å²) in [4.78, 5) is 13.9. The van der Waals surface area contributed by atoms with Gasteiger partial charge in [-0.05, 0) is 30.2 Å². The summed E-state index contributed by atoms with van der Waals surface area (Å²) in [6, 6.07) is 9.82. The third kappa shape index (κ3) is 3.28. The van der Waals surface area contributed by atoms with Gasteiger partial charge in [-0.15, -0.1) is 0 Å². The van der Waals surface area contributed by atoms with Crippen molar-refractivity contribution in [1.29, 1.82) is 0 Å². The zero-order valence-corrected chi connectivity index (χ0v) is 11.9. The topological polar surface area (TPSA) is 29.5 Å². The SMILES string of the molecule is CCC1(CC)CCN(C(=O)OCc2ccccc2)C1. The lowest BCUT2D eigenvalue weighted by Crippen LogP contribution is -2.32. The van der Waals surface area contributed by atoms with Crippen LogP contribution < -0.4 is 0 Å². The van der Waals surface area contributed by atoms with E-state index in [2.05, 4.69) is 13.8 Å². The second kappa shape index (κ2) is 6.09. The monoisotopic (exact) mass is 261 g/mol. The van der Waals surface area contributed by atoms with E-state index in [0.29, 0.717) is 12.0 Å². The van der Waals surface area contributed by atoms with Crippen LogP contribution in [0.3, 0.4) is 0 Å². The van der Waals surface area contributed by atoms with E-state index in [-0.39, 0.29) is 6.09 Å². The molecule has 1 aromatic rings. The van der Waals surface area contributed by atoms with Crippen molar-refractivity contribution in [2.75, 3.05) is 13.1 Å². The zero-order valence-electron chi connectivity index (χ0n) is 11.9. The molecule has 1 saturated heterocycles. The maximum Gasteiger partial charge on any atom is 0.410 e. The molecule has 1 aliphatic heterocycles. The molecule has 2 rings (SSSR count). The van der Waals surface area contributed by atoms with Gasteiger partial charge in [0.15, 0.2) is 0 Å². The number of nitrogens with zero attached hydrogens (tertiary/aromatic N) is 1. The van der Waals surface area contributed by atoms with Crippen LogP contribution in [-0.4, -0.2) is 24.1 Å². The number of rotatable bonds is 4. The van der Waals surface area contributed by atoms with E-state index in [1.807, 2.05) is 35.2 Å². The van der Waals surface area contributed by atoms with Gasteiger partial charge in [0.25, 0.3) is 0 Å². The molecule has 1 heterocycles. The number of benzene rings is 1. The summed E-state index contributed by atoms with van der Waals surface area (Å²) in [5.41, 5.74) is 1.35. The molecule has 1 aromatic carbocycles. The van der Waals surface area contributed by atoms with Gasteiger partial charge in [0, 0.05) is 13.1 Å². The van der Waals surface area contributed by atoms with Crippen LogP contribution in [0, 0.1) is 5.41 Å². The molecule has 0 radical (unpaired) electrons. The molecule has 1 amide bonds. The molecular formula is C16H23NO2. The Morgan fingerprint density at radius 3 is 2.53 bits per heavy atom. The Balaban J connectivity index is 1.85. The normalized spacial score (nSPS) is 17.5. The molecule has 0 spiro atoms. The first-order valence-electron chi connectivity index (χ1n) is 7.15. The number of carbonyl (C=O) groups is 1. The molecule has 1 fully saturated rings. The largest absolute Gasteiger partial charge is 0.445 e. The Kier molecular flexibility index (Phi) is 4.46. The molecule has 0 saturated carbocycles. The van der Waals surface area contributed by atoms with Crippen molar-refractivity contribution < 1.29 is 9.53 Å². The molecule has 1 aliphatic rings. The Bertz CT molecular complexity index is 412. The summed E-state index contributed by atoms with van der Waals surface area (Å²) in [7, 11) is 0. The van der Waals surface area contributed by atoms with E-state index >= 15 is 0 Å². The van der Waals surface area contributed by atoms with Crippen LogP contribution in [0.15, 0.2) is 30.3 Å². The molecule has 3 heteroatoms. The molecule has 19 heavy (non-hydrogen) atoms. The average Bonchev–Trinajstić information content (AvgIpc) is 2.91. The highest BCUT2D eigenvalue weighted by Crippen LogP contribution is 2.37. The summed E-state index contributed by atoms with van der Waals surface area (Å²) in [6.07, 6.45) is 3.19. The molecule has 0 unspecified atom stereocenters. The zero-order chi connectivity index (χ0) is 13.7. The number of carbonyl (C=O) groups excluding carboxylic acids is 1. The van der Waals surface area contributed by atoms with Crippen molar-refractivity contribution in [1.82, 2.24) is 4.90 Å². The number of hydrogen-bond donors (Lipinski definition) is 0. The van der Waals surface area contributed by atoms with E-state index in [0.717, 1.165) is 37.9 Å². The summed E-state index contributed by atoms with van der Waals surface area (Å²) in [6.45, 7) is 6.45. The van der Waals surface area contributed by atoms with Crippen molar-refractivity contribution in [2.24, 2.45) is 5.41 Å². The van der Waals surface area contributed by atoms with Gasteiger partial charge in [0.1, 0.15) is 6.61 Å². The molecule has 3 nitrogen and oxygen atoms in total.